The zero-order valence-electron chi connectivity index (χ0n) is 23.1. The number of rotatable bonds is 10. The molecule has 0 atom stereocenters. The maximum Gasteiger partial charge on any atom is 0.234 e. The van der Waals surface area contributed by atoms with Crippen molar-refractivity contribution >= 4 is 16.7 Å². The van der Waals surface area contributed by atoms with Gasteiger partial charge in [-0.25, -0.2) is 9.97 Å². The van der Waals surface area contributed by atoms with E-state index in [1.54, 1.807) is 6.20 Å². The van der Waals surface area contributed by atoms with Crippen LogP contribution in [0.3, 0.4) is 0 Å². The van der Waals surface area contributed by atoms with Gasteiger partial charge in [0, 0.05) is 74.8 Å². The van der Waals surface area contributed by atoms with Crippen LogP contribution in [-0.2, 0) is 13.1 Å². The van der Waals surface area contributed by atoms with Crippen molar-refractivity contribution in [3.05, 3.63) is 48.0 Å². The first-order valence-electron chi connectivity index (χ1n) is 13.5. The molecule has 0 unspecified atom stereocenters. The predicted molar refractivity (Wildman–Crippen MR) is 149 cm³/mol. The summed E-state index contributed by atoms with van der Waals surface area (Å²) in [6.07, 6.45) is 1.78. The highest BCUT2D eigenvalue weighted by Crippen LogP contribution is 2.27. The number of hydrogen-bond acceptors (Lipinski definition) is 7. The lowest BCUT2D eigenvalue weighted by Gasteiger charge is -2.36. The van der Waals surface area contributed by atoms with E-state index < -0.39 is 0 Å². The normalized spacial score (nSPS) is 14.9. The molecule has 4 rings (SSSR count). The standard InChI is InChI=1S/C29H41N7O/c1-6-33(7-2)15-16-37-26-10-8-9-24(18-26)35-13-11-34(12-14-35)21-25-17-23-20-31-27(19-30)32-28(23)36(25)22-29(3,4)5/h8-10,17-18,20H,6-7,11-16,21-22H2,1-5H3. The lowest BCUT2D eigenvalue weighted by Crippen LogP contribution is -2.46. The van der Waals surface area contributed by atoms with E-state index in [9.17, 15) is 5.26 Å². The van der Waals surface area contributed by atoms with Gasteiger partial charge in [0.25, 0.3) is 0 Å². The van der Waals surface area contributed by atoms with Gasteiger partial charge < -0.3 is 19.1 Å². The Morgan fingerprint density at radius 2 is 1.84 bits per heavy atom. The van der Waals surface area contributed by atoms with E-state index in [4.69, 9.17) is 4.74 Å². The van der Waals surface area contributed by atoms with Gasteiger partial charge in [-0.05, 0) is 36.7 Å². The molecule has 8 heteroatoms. The van der Waals surface area contributed by atoms with Gasteiger partial charge in [0.15, 0.2) is 0 Å². The molecule has 1 fully saturated rings. The number of ether oxygens (including phenoxy) is 1. The topological polar surface area (TPSA) is 73.5 Å². The number of piperazine rings is 1. The van der Waals surface area contributed by atoms with Crippen molar-refractivity contribution in [2.24, 2.45) is 5.41 Å². The summed E-state index contributed by atoms with van der Waals surface area (Å²) in [6.45, 7) is 20.4. The summed E-state index contributed by atoms with van der Waals surface area (Å²) in [5.41, 5.74) is 3.40. The van der Waals surface area contributed by atoms with E-state index in [-0.39, 0.29) is 11.2 Å². The van der Waals surface area contributed by atoms with Crippen LogP contribution in [-0.4, -0.2) is 76.8 Å². The summed E-state index contributed by atoms with van der Waals surface area (Å²) in [6, 6.07) is 12.8. The van der Waals surface area contributed by atoms with Gasteiger partial charge in [-0.2, -0.15) is 5.26 Å². The molecule has 3 heterocycles. The van der Waals surface area contributed by atoms with Crippen molar-refractivity contribution in [3.8, 4) is 11.8 Å². The van der Waals surface area contributed by atoms with Gasteiger partial charge in [-0.3, -0.25) is 4.90 Å². The molecule has 37 heavy (non-hydrogen) atoms. The average Bonchev–Trinajstić information content (AvgIpc) is 3.21. The molecule has 0 aliphatic carbocycles. The fraction of sp³-hybridized carbons (Fsp3) is 0.552. The number of benzene rings is 1. The van der Waals surface area contributed by atoms with Gasteiger partial charge in [0.1, 0.15) is 24.1 Å². The molecule has 0 spiro atoms. The Balaban J connectivity index is 1.40. The van der Waals surface area contributed by atoms with Crippen molar-refractivity contribution in [2.75, 3.05) is 57.3 Å². The van der Waals surface area contributed by atoms with Crippen LogP contribution in [0.5, 0.6) is 5.75 Å². The second-order valence-electron chi connectivity index (χ2n) is 11.0. The smallest absolute Gasteiger partial charge is 0.234 e. The highest BCUT2D eigenvalue weighted by molar-refractivity contribution is 5.77. The third kappa shape index (κ3) is 7.00. The van der Waals surface area contributed by atoms with E-state index in [0.717, 1.165) is 75.7 Å². The number of fused-ring (bicyclic) bond motifs is 1. The SMILES string of the molecule is CCN(CC)CCOc1cccc(N2CCN(Cc3cc4cnc(C#N)nc4n3CC(C)(C)C)CC2)c1. The fourth-order valence-corrected chi connectivity index (χ4v) is 4.92. The van der Waals surface area contributed by atoms with Crippen LogP contribution < -0.4 is 9.64 Å². The van der Waals surface area contributed by atoms with E-state index in [1.165, 1.54) is 11.4 Å². The molecular weight excluding hydrogens is 462 g/mol. The fourth-order valence-electron chi connectivity index (χ4n) is 4.92. The van der Waals surface area contributed by atoms with Crippen molar-refractivity contribution in [3.63, 3.8) is 0 Å². The summed E-state index contributed by atoms with van der Waals surface area (Å²) in [5, 5.41) is 10.3. The predicted octanol–water partition coefficient (Wildman–Crippen LogP) is 4.39. The molecule has 1 aliphatic heterocycles. The monoisotopic (exact) mass is 503 g/mol. The van der Waals surface area contributed by atoms with E-state index in [1.807, 2.05) is 0 Å². The molecule has 0 bridgehead atoms. The van der Waals surface area contributed by atoms with Gasteiger partial charge in [-0.15, -0.1) is 0 Å². The van der Waals surface area contributed by atoms with Crippen molar-refractivity contribution in [1.29, 1.82) is 5.26 Å². The summed E-state index contributed by atoms with van der Waals surface area (Å²) < 4.78 is 8.34. The highest BCUT2D eigenvalue weighted by atomic mass is 16.5. The molecule has 2 aromatic heterocycles. The van der Waals surface area contributed by atoms with Gasteiger partial charge in [-0.1, -0.05) is 40.7 Å². The minimum atomic E-state index is 0.0929. The zero-order chi connectivity index (χ0) is 26.4. The lowest BCUT2D eigenvalue weighted by atomic mass is 9.97. The van der Waals surface area contributed by atoms with Crippen LogP contribution in [0, 0.1) is 16.7 Å². The number of anilines is 1. The number of likely N-dealkylation sites (N-methyl/N-ethyl adjacent to an activating group) is 1. The molecular formula is C29H41N7O. The summed E-state index contributed by atoms with van der Waals surface area (Å²) >= 11 is 0. The molecule has 0 N–H and O–H groups in total. The minimum Gasteiger partial charge on any atom is -0.492 e. The Hall–Kier alpha value is -3.15. The summed E-state index contributed by atoms with van der Waals surface area (Å²) in [4.78, 5) is 16.1. The Morgan fingerprint density at radius 3 is 2.51 bits per heavy atom. The van der Waals surface area contributed by atoms with Gasteiger partial charge >= 0.3 is 0 Å². The molecule has 0 saturated carbocycles. The quantitative estimate of drug-likeness (QED) is 0.406. The number of hydrogen-bond donors (Lipinski definition) is 0. The van der Waals surface area contributed by atoms with E-state index in [2.05, 4.69) is 100 Å². The molecule has 3 aromatic rings. The molecule has 1 aromatic carbocycles. The third-order valence-corrected chi connectivity index (χ3v) is 6.96. The van der Waals surface area contributed by atoms with Gasteiger partial charge in [0.05, 0.1) is 0 Å². The molecule has 198 valence electrons. The van der Waals surface area contributed by atoms with Crippen LogP contribution in [0.25, 0.3) is 11.0 Å². The van der Waals surface area contributed by atoms with Crippen LogP contribution in [0.4, 0.5) is 5.69 Å². The Labute approximate surface area is 221 Å². The lowest BCUT2D eigenvalue weighted by molar-refractivity contribution is 0.222. The number of aromatic nitrogens is 3. The maximum absolute atomic E-state index is 9.30. The summed E-state index contributed by atoms with van der Waals surface area (Å²) in [5.74, 6) is 1.16. The first-order chi connectivity index (χ1) is 17.8. The van der Waals surface area contributed by atoms with E-state index in [0.29, 0.717) is 6.61 Å². The van der Waals surface area contributed by atoms with Crippen LogP contribution in [0.15, 0.2) is 36.5 Å². The second-order valence-corrected chi connectivity index (χ2v) is 11.0. The highest BCUT2D eigenvalue weighted by Gasteiger charge is 2.22. The number of nitrogens with zero attached hydrogens (tertiary/aromatic N) is 7. The van der Waals surface area contributed by atoms with Crippen LogP contribution >= 0.6 is 0 Å². The average molecular weight is 504 g/mol. The van der Waals surface area contributed by atoms with Crippen molar-refractivity contribution < 1.29 is 4.74 Å². The summed E-state index contributed by atoms with van der Waals surface area (Å²) in [7, 11) is 0. The van der Waals surface area contributed by atoms with E-state index >= 15 is 0 Å². The number of nitriles is 1. The first-order valence-corrected chi connectivity index (χ1v) is 13.5. The largest absolute Gasteiger partial charge is 0.492 e. The Bertz CT molecular complexity index is 1210. The molecule has 1 saturated heterocycles. The Morgan fingerprint density at radius 1 is 1.08 bits per heavy atom. The van der Waals surface area contributed by atoms with Gasteiger partial charge in [0.2, 0.25) is 5.82 Å². The zero-order valence-corrected chi connectivity index (χ0v) is 23.1. The molecule has 1 aliphatic rings. The van der Waals surface area contributed by atoms with Crippen molar-refractivity contribution in [1.82, 2.24) is 24.3 Å². The van der Waals surface area contributed by atoms with Crippen LogP contribution in [0.2, 0.25) is 0 Å². The minimum absolute atomic E-state index is 0.0929. The Kier molecular flexibility index (Phi) is 8.67. The van der Waals surface area contributed by atoms with Crippen LogP contribution in [0.1, 0.15) is 46.1 Å². The first kappa shape index (κ1) is 26.9. The molecule has 0 amide bonds. The third-order valence-electron chi connectivity index (χ3n) is 6.96. The van der Waals surface area contributed by atoms with Crippen molar-refractivity contribution in [2.45, 2.75) is 47.7 Å². The molecule has 0 radical (unpaired) electrons. The molecule has 8 nitrogen and oxygen atoms in total. The second kappa shape index (κ2) is 11.9. The maximum atomic E-state index is 9.30.